The van der Waals surface area contributed by atoms with Crippen LogP contribution in [0, 0.1) is 0 Å². The molecule has 4 heteroatoms. The van der Waals surface area contributed by atoms with Crippen molar-refractivity contribution in [1.29, 1.82) is 0 Å². The standard InChI is InChI=1S/C36H24N2OS/c1-3-9-24(10-4-1)37-25-15-19-33-31(21-25)32-22-27(17-20-34(32)39-33)38(26-11-5-2-6-12-26)28-16-18-30-29-13-7-8-14-35(29)40-36(30)23-28/h1-23,37H. The first-order valence-corrected chi connectivity index (χ1v) is 14.2. The van der Waals surface area contributed by atoms with E-state index in [4.69, 9.17) is 4.42 Å². The fraction of sp³-hybridized carbons (Fsp3) is 0. The number of furan rings is 1. The van der Waals surface area contributed by atoms with Crippen LogP contribution in [-0.2, 0) is 0 Å². The van der Waals surface area contributed by atoms with Gasteiger partial charge in [0.15, 0.2) is 0 Å². The number of para-hydroxylation sites is 2. The van der Waals surface area contributed by atoms with Crippen molar-refractivity contribution in [3.05, 3.63) is 140 Å². The summed E-state index contributed by atoms with van der Waals surface area (Å²) in [6.45, 7) is 0. The summed E-state index contributed by atoms with van der Waals surface area (Å²) in [5.74, 6) is 0. The van der Waals surface area contributed by atoms with Gasteiger partial charge in [0, 0.05) is 59.4 Å². The van der Waals surface area contributed by atoms with E-state index >= 15 is 0 Å². The van der Waals surface area contributed by atoms with E-state index in [1.165, 1.54) is 20.2 Å². The monoisotopic (exact) mass is 532 g/mol. The number of rotatable bonds is 5. The molecule has 0 amide bonds. The maximum absolute atomic E-state index is 6.25. The summed E-state index contributed by atoms with van der Waals surface area (Å²) >= 11 is 1.84. The molecular formula is C36H24N2OS. The van der Waals surface area contributed by atoms with E-state index < -0.39 is 0 Å². The van der Waals surface area contributed by atoms with Crippen LogP contribution in [0.4, 0.5) is 28.4 Å². The van der Waals surface area contributed by atoms with E-state index in [-0.39, 0.29) is 0 Å². The van der Waals surface area contributed by atoms with Gasteiger partial charge in [0.25, 0.3) is 0 Å². The van der Waals surface area contributed by atoms with Crippen molar-refractivity contribution in [3.8, 4) is 0 Å². The van der Waals surface area contributed by atoms with E-state index in [1.54, 1.807) is 0 Å². The third-order valence-electron chi connectivity index (χ3n) is 7.41. The Morgan fingerprint density at radius 1 is 0.450 bits per heavy atom. The molecule has 1 N–H and O–H groups in total. The van der Waals surface area contributed by atoms with Crippen molar-refractivity contribution in [2.75, 3.05) is 10.2 Å². The van der Waals surface area contributed by atoms with Crippen LogP contribution in [0.5, 0.6) is 0 Å². The maximum atomic E-state index is 6.25. The predicted molar refractivity (Wildman–Crippen MR) is 171 cm³/mol. The Morgan fingerprint density at radius 2 is 1.10 bits per heavy atom. The van der Waals surface area contributed by atoms with Gasteiger partial charge in [0.1, 0.15) is 11.2 Å². The van der Waals surface area contributed by atoms with Crippen LogP contribution < -0.4 is 10.2 Å². The summed E-state index contributed by atoms with van der Waals surface area (Å²) in [6, 6.07) is 49.0. The second kappa shape index (κ2) is 9.30. The highest BCUT2D eigenvalue weighted by Gasteiger charge is 2.17. The van der Waals surface area contributed by atoms with Crippen molar-refractivity contribution in [1.82, 2.24) is 0 Å². The van der Waals surface area contributed by atoms with E-state index in [0.29, 0.717) is 0 Å². The Labute approximate surface area is 235 Å². The molecule has 0 aliphatic carbocycles. The summed E-state index contributed by atoms with van der Waals surface area (Å²) < 4.78 is 8.85. The van der Waals surface area contributed by atoms with Gasteiger partial charge < -0.3 is 14.6 Å². The molecule has 0 spiro atoms. The minimum Gasteiger partial charge on any atom is -0.456 e. The number of fused-ring (bicyclic) bond motifs is 6. The molecule has 2 aromatic heterocycles. The molecule has 3 nitrogen and oxygen atoms in total. The number of thiophene rings is 1. The van der Waals surface area contributed by atoms with Gasteiger partial charge in [0.05, 0.1) is 0 Å². The summed E-state index contributed by atoms with van der Waals surface area (Å²) in [4.78, 5) is 2.33. The second-order valence-corrected chi connectivity index (χ2v) is 11.0. The average molecular weight is 533 g/mol. The Bertz CT molecular complexity index is 2150. The summed E-state index contributed by atoms with van der Waals surface area (Å²) in [7, 11) is 0. The molecule has 0 atom stereocenters. The van der Waals surface area contributed by atoms with Gasteiger partial charge in [-0.15, -0.1) is 11.3 Å². The third-order valence-corrected chi connectivity index (χ3v) is 8.54. The number of benzene rings is 6. The Morgan fingerprint density at radius 3 is 1.95 bits per heavy atom. The molecule has 8 rings (SSSR count). The van der Waals surface area contributed by atoms with Crippen LogP contribution in [0.25, 0.3) is 42.1 Å². The summed E-state index contributed by atoms with van der Waals surface area (Å²) in [5, 5.41) is 8.31. The van der Waals surface area contributed by atoms with E-state index in [0.717, 1.165) is 50.4 Å². The first-order valence-electron chi connectivity index (χ1n) is 13.4. The van der Waals surface area contributed by atoms with Gasteiger partial charge in [0.2, 0.25) is 0 Å². The normalized spacial score (nSPS) is 11.5. The summed E-state index contributed by atoms with van der Waals surface area (Å²) in [6.07, 6.45) is 0. The van der Waals surface area contributed by atoms with Crippen molar-refractivity contribution < 1.29 is 4.42 Å². The molecule has 0 saturated heterocycles. The van der Waals surface area contributed by atoms with Crippen LogP contribution >= 0.6 is 11.3 Å². The highest BCUT2D eigenvalue weighted by Crippen LogP contribution is 2.42. The Balaban J connectivity index is 1.28. The van der Waals surface area contributed by atoms with Gasteiger partial charge in [-0.3, -0.25) is 0 Å². The zero-order valence-corrected chi connectivity index (χ0v) is 22.4. The molecule has 0 bridgehead atoms. The first kappa shape index (κ1) is 22.9. The molecule has 0 aliphatic rings. The number of hydrogen-bond acceptors (Lipinski definition) is 4. The Hall–Kier alpha value is -5.06. The zero-order chi connectivity index (χ0) is 26.5. The molecule has 40 heavy (non-hydrogen) atoms. The molecule has 0 unspecified atom stereocenters. The highest BCUT2D eigenvalue weighted by molar-refractivity contribution is 7.25. The lowest BCUT2D eigenvalue weighted by Crippen LogP contribution is -2.09. The second-order valence-electron chi connectivity index (χ2n) is 9.93. The molecule has 0 fully saturated rings. The van der Waals surface area contributed by atoms with Gasteiger partial charge in [-0.2, -0.15) is 0 Å². The molecular weight excluding hydrogens is 508 g/mol. The van der Waals surface area contributed by atoms with Crippen LogP contribution in [0.15, 0.2) is 144 Å². The number of hydrogen-bond donors (Lipinski definition) is 1. The van der Waals surface area contributed by atoms with Crippen LogP contribution in [0.2, 0.25) is 0 Å². The van der Waals surface area contributed by atoms with Gasteiger partial charge in [-0.05, 0) is 78.9 Å². The lowest BCUT2D eigenvalue weighted by molar-refractivity contribution is 0.669. The molecule has 0 radical (unpaired) electrons. The molecule has 0 aliphatic heterocycles. The van der Waals surface area contributed by atoms with Crippen molar-refractivity contribution in [2.45, 2.75) is 0 Å². The molecule has 8 aromatic rings. The maximum Gasteiger partial charge on any atom is 0.135 e. The smallest absolute Gasteiger partial charge is 0.135 e. The minimum absolute atomic E-state index is 0.878. The number of anilines is 5. The molecule has 0 saturated carbocycles. The molecule has 190 valence electrons. The third kappa shape index (κ3) is 3.89. The SMILES string of the molecule is c1ccc(Nc2ccc3oc4ccc(N(c5ccccc5)c5ccc6c(c5)sc5ccccc56)cc4c3c2)cc1. The van der Waals surface area contributed by atoms with Crippen molar-refractivity contribution >= 4 is 81.9 Å². The van der Waals surface area contributed by atoms with Crippen LogP contribution in [0.1, 0.15) is 0 Å². The number of nitrogens with zero attached hydrogens (tertiary/aromatic N) is 1. The van der Waals surface area contributed by atoms with Crippen LogP contribution in [-0.4, -0.2) is 0 Å². The lowest BCUT2D eigenvalue weighted by Gasteiger charge is -2.25. The average Bonchev–Trinajstić information content (AvgIpc) is 3.56. The van der Waals surface area contributed by atoms with Crippen LogP contribution in [0.3, 0.4) is 0 Å². The summed E-state index contributed by atoms with van der Waals surface area (Å²) in [5.41, 5.74) is 7.17. The molecule has 6 aromatic carbocycles. The van der Waals surface area contributed by atoms with Crippen molar-refractivity contribution in [2.24, 2.45) is 0 Å². The zero-order valence-electron chi connectivity index (χ0n) is 21.5. The fourth-order valence-corrected chi connectivity index (χ4v) is 6.69. The Kier molecular flexibility index (Phi) is 5.32. The lowest BCUT2D eigenvalue weighted by atomic mass is 10.1. The fourth-order valence-electron chi connectivity index (χ4n) is 5.55. The van der Waals surface area contributed by atoms with Gasteiger partial charge >= 0.3 is 0 Å². The van der Waals surface area contributed by atoms with E-state index in [2.05, 4.69) is 125 Å². The minimum atomic E-state index is 0.878. The first-order chi connectivity index (χ1) is 19.8. The topological polar surface area (TPSA) is 28.4 Å². The molecule has 2 heterocycles. The van der Waals surface area contributed by atoms with Gasteiger partial charge in [-0.25, -0.2) is 0 Å². The largest absolute Gasteiger partial charge is 0.456 e. The van der Waals surface area contributed by atoms with E-state index in [9.17, 15) is 0 Å². The van der Waals surface area contributed by atoms with E-state index in [1.807, 2.05) is 35.6 Å². The van der Waals surface area contributed by atoms with Gasteiger partial charge in [-0.1, -0.05) is 60.7 Å². The number of nitrogens with one attached hydrogen (secondary N) is 1. The quantitative estimate of drug-likeness (QED) is 0.239. The predicted octanol–water partition coefficient (Wildman–Crippen LogP) is 11.2. The highest BCUT2D eigenvalue weighted by atomic mass is 32.1. The van der Waals surface area contributed by atoms with Crippen molar-refractivity contribution in [3.63, 3.8) is 0 Å².